The largest absolute Gasteiger partial charge is 0.478 e. The third-order valence-electron chi connectivity index (χ3n) is 1.48. The number of allylic oxidation sites excluding steroid dienone is 1. The maximum atomic E-state index is 10.6. The highest BCUT2D eigenvalue weighted by molar-refractivity contribution is 5.91. The van der Waals surface area contributed by atoms with Crippen LogP contribution in [0.4, 0.5) is 0 Å². The Kier molecular flexibility index (Phi) is 4.34. The Balaban J connectivity index is 4.40. The Morgan fingerprint density at radius 1 is 1.58 bits per heavy atom. The lowest BCUT2D eigenvalue weighted by Crippen LogP contribution is -2.01. The van der Waals surface area contributed by atoms with Gasteiger partial charge in [-0.25, -0.2) is 4.79 Å². The average Bonchev–Trinajstić information content (AvgIpc) is 1.84. The molecular formula is C10H16O2. The van der Waals surface area contributed by atoms with E-state index in [1.165, 1.54) is 0 Å². The zero-order valence-corrected chi connectivity index (χ0v) is 7.92. The Morgan fingerprint density at radius 2 is 2.08 bits per heavy atom. The molecule has 0 aliphatic carbocycles. The molecule has 0 rings (SSSR count). The quantitative estimate of drug-likeness (QED) is 0.517. The van der Waals surface area contributed by atoms with Crippen LogP contribution in [-0.4, -0.2) is 11.1 Å². The van der Waals surface area contributed by atoms with Gasteiger partial charge in [0.2, 0.25) is 0 Å². The molecule has 0 amide bonds. The minimum absolute atomic E-state index is 0.337. The fourth-order valence-corrected chi connectivity index (χ4v) is 0.798. The van der Waals surface area contributed by atoms with Gasteiger partial charge in [0.25, 0.3) is 0 Å². The highest BCUT2D eigenvalue weighted by Gasteiger charge is 2.06. The van der Waals surface area contributed by atoms with Crippen molar-refractivity contribution in [2.45, 2.75) is 27.2 Å². The minimum atomic E-state index is -0.886. The Morgan fingerprint density at radius 3 is 2.33 bits per heavy atom. The molecule has 1 N–H and O–H groups in total. The van der Waals surface area contributed by atoms with E-state index in [2.05, 4.69) is 6.58 Å². The van der Waals surface area contributed by atoms with Gasteiger partial charge in [0, 0.05) is 0 Å². The summed E-state index contributed by atoms with van der Waals surface area (Å²) in [4.78, 5) is 10.6. The summed E-state index contributed by atoms with van der Waals surface area (Å²) >= 11 is 0. The molecule has 68 valence electrons. The van der Waals surface area contributed by atoms with Crippen LogP contribution in [0, 0.1) is 5.92 Å². The molecule has 0 fully saturated rings. The van der Waals surface area contributed by atoms with Gasteiger partial charge in [0.15, 0.2) is 0 Å². The van der Waals surface area contributed by atoms with E-state index in [1.54, 1.807) is 13.0 Å². The van der Waals surface area contributed by atoms with Crippen LogP contribution in [0.15, 0.2) is 23.8 Å². The van der Waals surface area contributed by atoms with Crippen molar-refractivity contribution in [2.75, 3.05) is 0 Å². The Bertz CT molecular complexity index is 196. The van der Waals surface area contributed by atoms with Gasteiger partial charge in [0.05, 0.1) is 5.57 Å². The molecule has 0 bridgehead atoms. The molecule has 0 aromatic heterocycles. The smallest absolute Gasteiger partial charge is 0.335 e. The fraction of sp³-hybridized carbons (Fsp3) is 0.500. The molecular weight excluding hydrogens is 152 g/mol. The topological polar surface area (TPSA) is 37.3 Å². The summed E-state index contributed by atoms with van der Waals surface area (Å²) in [6, 6.07) is 0. The summed E-state index contributed by atoms with van der Waals surface area (Å²) < 4.78 is 0. The Labute approximate surface area is 73.6 Å². The van der Waals surface area contributed by atoms with Crippen molar-refractivity contribution in [3.05, 3.63) is 23.8 Å². The summed E-state index contributed by atoms with van der Waals surface area (Å²) in [5.41, 5.74) is 0.951. The highest BCUT2D eigenvalue weighted by atomic mass is 16.4. The highest BCUT2D eigenvalue weighted by Crippen LogP contribution is 2.11. The first-order valence-corrected chi connectivity index (χ1v) is 4.04. The molecule has 0 aliphatic heterocycles. The van der Waals surface area contributed by atoms with E-state index in [4.69, 9.17) is 5.11 Å². The van der Waals surface area contributed by atoms with Crippen LogP contribution in [0.3, 0.4) is 0 Å². The zero-order chi connectivity index (χ0) is 9.72. The number of carbonyl (C=O) groups is 1. The number of aliphatic carboxylic acids is 1. The maximum Gasteiger partial charge on any atom is 0.335 e. The summed E-state index contributed by atoms with van der Waals surface area (Å²) in [7, 11) is 0. The second-order valence-corrected chi connectivity index (χ2v) is 3.33. The van der Waals surface area contributed by atoms with Gasteiger partial charge >= 0.3 is 5.97 Å². The Hall–Kier alpha value is -1.05. The van der Waals surface area contributed by atoms with Crippen molar-refractivity contribution in [2.24, 2.45) is 5.92 Å². The average molecular weight is 168 g/mol. The summed E-state index contributed by atoms with van der Waals surface area (Å²) in [5.74, 6) is -0.401. The number of hydrogen-bond acceptors (Lipinski definition) is 1. The van der Waals surface area contributed by atoms with Crippen molar-refractivity contribution >= 4 is 5.97 Å². The fourth-order valence-electron chi connectivity index (χ4n) is 0.798. The predicted octanol–water partition coefficient (Wildman–Crippen LogP) is 2.62. The second kappa shape index (κ2) is 4.75. The minimum Gasteiger partial charge on any atom is -0.478 e. The summed E-state index contributed by atoms with van der Waals surface area (Å²) in [6.07, 6.45) is 2.52. The van der Waals surface area contributed by atoms with Crippen molar-refractivity contribution in [3.8, 4) is 0 Å². The third-order valence-corrected chi connectivity index (χ3v) is 1.48. The van der Waals surface area contributed by atoms with E-state index in [-0.39, 0.29) is 0 Å². The van der Waals surface area contributed by atoms with Crippen molar-refractivity contribution in [3.63, 3.8) is 0 Å². The molecule has 2 heteroatoms. The molecule has 0 heterocycles. The van der Waals surface area contributed by atoms with Crippen LogP contribution in [0.2, 0.25) is 0 Å². The first kappa shape index (κ1) is 11.0. The summed E-state index contributed by atoms with van der Waals surface area (Å²) in [6.45, 7) is 9.41. The van der Waals surface area contributed by atoms with Crippen molar-refractivity contribution in [1.82, 2.24) is 0 Å². The van der Waals surface area contributed by atoms with Crippen molar-refractivity contribution < 1.29 is 9.90 Å². The number of carboxylic acid groups (broad SMARTS) is 1. The first-order valence-electron chi connectivity index (χ1n) is 4.04. The van der Waals surface area contributed by atoms with Crippen LogP contribution < -0.4 is 0 Å². The molecule has 0 spiro atoms. The van der Waals surface area contributed by atoms with E-state index in [0.717, 1.165) is 6.42 Å². The lowest BCUT2D eigenvalue weighted by atomic mass is 10.0. The van der Waals surface area contributed by atoms with Crippen LogP contribution in [0.1, 0.15) is 27.2 Å². The molecule has 0 saturated heterocycles. The molecule has 0 aromatic rings. The number of rotatable bonds is 4. The lowest BCUT2D eigenvalue weighted by Gasteiger charge is -2.02. The number of carboxylic acids is 1. The molecule has 0 atom stereocenters. The van der Waals surface area contributed by atoms with Crippen LogP contribution in [0.5, 0.6) is 0 Å². The molecule has 12 heavy (non-hydrogen) atoms. The zero-order valence-electron chi connectivity index (χ0n) is 7.92. The van der Waals surface area contributed by atoms with E-state index >= 15 is 0 Å². The van der Waals surface area contributed by atoms with Gasteiger partial charge in [-0.05, 0) is 24.8 Å². The van der Waals surface area contributed by atoms with E-state index < -0.39 is 5.97 Å². The van der Waals surface area contributed by atoms with E-state index in [9.17, 15) is 4.79 Å². The summed E-state index contributed by atoms with van der Waals surface area (Å²) in [5, 5.41) is 8.73. The molecule has 0 saturated carbocycles. The molecule has 0 unspecified atom stereocenters. The second-order valence-electron chi connectivity index (χ2n) is 3.33. The van der Waals surface area contributed by atoms with Crippen LogP contribution >= 0.6 is 0 Å². The van der Waals surface area contributed by atoms with E-state index in [0.29, 0.717) is 17.1 Å². The van der Waals surface area contributed by atoms with Gasteiger partial charge in [-0.3, -0.25) is 0 Å². The molecule has 0 radical (unpaired) electrons. The van der Waals surface area contributed by atoms with Gasteiger partial charge < -0.3 is 5.11 Å². The maximum absolute atomic E-state index is 10.6. The van der Waals surface area contributed by atoms with Crippen LogP contribution in [-0.2, 0) is 4.79 Å². The number of hydrogen-bond donors (Lipinski definition) is 1. The predicted molar refractivity (Wildman–Crippen MR) is 50.0 cm³/mol. The molecule has 0 aromatic carbocycles. The monoisotopic (exact) mass is 168 g/mol. The van der Waals surface area contributed by atoms with Gasteiger partial charge in [-0.2, -0.15) is 0 Å². The SMILES string of the molecule is C=C(C)C(=CCC(C)C)C(=O)O. The van der Waals surface area contributed by atoms with Crippen LogP contribution in [0.25, 0.3) is 0 Å². The lowest BCUT2D eigenvalue weighted by molar-refractivity contribution is -0.132. The standard InChI is InChI=1S/C10H16O2/c1-7(2)5-6-9(8(3)4)10(11)12/h6-7H,3,5H2,1-2,4H3,(H,11,12). The van der Waals surface area contributed by atoms with Crippen molar-refractivity contribution in [1.29, 1.82) is 0 Å². The molecule has 2 nitrogen and oxygen atoms in total. The normalized spacial score (nSPS) is 11.8. The van der Waals surface area contributed by atoms with Gasteiger partial charge in [-0.15, -0.1) is 0 Å². The molecule has 0 aliphatic rings. The van der Waals surface area contributed by atoms with E-state index in [1.807, 2.05) is 13.8 Å². The van der Waals surface area contributed by atoms with Gasteiger partial charge in [-0.1, -0.05) is 26.5 Å². The first-order chi connectivity index (χ1) is 5.45. The third kappa shape index (κ3) is 3.96. The van der Waals surface area contributed by atoms with Gasteiger partial charge in [0.1, 0.15) is 0 Å².